The SMILES string of the molecule is CN=Cc1nccc2oc(C3(CN4Cc5ccc(OC)cc5C4=O)NC(=O)NC3=O)cc12. The third-order valence-electron chi connectivity index (χ3n) is 5.71. The summed E-state index contributed by atoms with van der Waals surface area (Å²) in [7, 11) is 3.15. The van der Waals surface area contributed by atoms with Crippen molar-refractivity contribution in [3.8, 4) is 5.75 Å². The summed E-state index contributed by atoms with van der Waals surface area (Å²) in [5, 5.41) is 5.59. The number of nitrogens with one attached hydrogen (secondary N) is 2. The first-order chi connectivity index (χ1) is 15.4. The number of carbonyl (C=O) groups excluding carboxylic acids is 3. The summed E-state index contributed by atoms with van der Waals surface area (Å²) < 4.78 is 11.2. The van der Waals surface area contributed by atoms with Gasteiger partial charge < -0.3 is 19.4 Å². The molecule has 1 unspecified atom stereocenters. The van der Waals surface area contributed by atoms with E-state index < -0.39 is 17.5 Å². The van der Waals surface area contributed by atoms with Gasteiger partial charge >= 0.3 is 6.03 Å². The second kappa shape index (κ2) is 7.19. The zero-order chi connectivity index (χ0) is 22.5. The molecular formula is C22H19N5O5. The van der Waals surface area contributed by atoms with Crippen LogP contribution in [0.1, 0.15) is 27.4 Å². The van der Waals surface area contributed by atoms with Gasteiger partial charge in [-0.2, -0.15) is 0 Å². The number of methoxy groups -OCH3 is 1. The van der Waals surface area contributed by atoms with E-state index in [-0.39, 0.29) is 18.2 Å². The van der Waals surface area contributed by atoms with Crippen LogP contribution in [-0.4, -0.2) is 54.6 Å². The fraction of sp³-hybridized carbons (Fsp3) is 0.227. The number of imide groups is 1. The third kappa shape index (κ3) is 2.91. The minimum Gasteiger partial charge on any atom is -0.497 e. The second-order valence-corrected chi connectivity index (χ2v) is 7.60. The zero-order valence-electron chi connectivity index (χ0n) is 17.3. The summed E-state index contributed by atoms with van der Waals surface area (Å²) in [5.41, 5.74) is 0.777. The molecule has 0 radical (unpaired) electrons. The number of aromatic nitrogens is 1. The molecule has 2 aliphatic heterocycles. The van der Waals surface area contributed by atoms with E-state index in [9.17, 15) is 14.4 Å². The molecule has 4 amide bonds. The Bertz CT molecular complexity index is 1310. The van der Waals surface area contributed by atoms with Gasteiger partial charge in [-0.3, -0.25) is 24.9 Å². The second-order valence-electron chi connectivity index (χ2n) is 7.60. The van der Waals surface area contributed by atoms with E-state index in [1.807, 2.05) is 6.07 Å². The van der Waals surface area contributed by atoms with Gasteiger partial charge in [-0.05, 0) is 29.8 Å². The van der Waals surface area contributed by atoms with Crippen molar-refractivity contribution in [2.24, 2.45) is 4.99 Å². The van der Waals surface area contributed by atoms with Gasteiger partial charge in [0.2, 0.25) is 0 Å². The van der Waals surface area contributed by atoms with Gasteiger partial charge in [0, 0.05) is 37.0 Å². The Hall–Kier alpha value is -4.21. The summed E-state index contributed by atoms with van der Waals surface area (Å²) in [6.07, 6.45) is 3.15. The molecule has 2 aliphatic rings. The monoisotopic (exact) mass is 433 g/mol. The van der Waals surface area contributed by atoms with E-state index >= 15 is 0 Å². The maximum Gasteiger partial charge on any atom is 0.322 e. The lowest BCUT2D eigenvalue weighted by atomic mass is 9.95. The van der Waals surface area contributed by atoms with E-state index in [0.717, 1.165) is 5.56 Å². The van der Waals surface area contributed by atoms with Crippen molar-refractivity contribution >= 4 is 35.0 Å². The Labute approximate surface area is 182 Å². The van der Waals surface area contributed by atoms with Gasteiger partial charge in [-0.25, -0.2) is 4.79 Å². The van der Waals surface area contributed by atoms with E-state index in [0.29, 0.717) is 34.5 Å². The molecular weight excluding hydrogens is 414 g/mol. The van der Waals surface area contributed by atoms with Crippen LogP contribution < -0.4 is 15.4 Å². The lowest BCUT2D eigenvalue weighted by molar-refractivity contribution is -0.125. The van der Waals surface area contributed by atoms with Crippen molar-refractivity contribution < 1.29 is 23.5 Å². The molecule has 4 heterocycles. The number of nitrogens with zero attached hydrogens (tertiary/aromatic N) is 3. The predicted octanol–water partition coefficient (Wildman–Crippen LogP) is 1.58. The Balaban J connectivity index is 1.57. The van der Waals surface area contributed by atoms with Gasteiger partial charge in [-0.1, -0.05) is 6.07 Å². The largest absolute Gasteiger partial charge is 0.497 e. The van der Waals surface area contributed by atoms with Crippen LogP contribution in [0.2, 0.25) is 0 Å². The molecule has 0 aliphatic carbocycles. The highest BCUT2D eigenvalue weighted by Gasteiger charge is 2.53. The van der Waals surface area contributed by atoms with Gasteiger partial charge in [0.1, 0.15) is 17.1 Å². The molecule has 2 aromatic heterocycles. The molecule has 32 heavy (non-hydrogen) atoms. The van der Waals surface area contributed by atoms with Crippen LogP contribution in [0.4, 0.5) is 4.79 Å². The van der Waals surface area contributed by atoms with Crippen LogP contribution in [0, 0.1) is 0 Å². The maximum absolute atomic E-state index is 13.1. The van der Waals surface area contributed by atoms with Crippen molar-refractivity contribution in [1.82, 2.24) is 20.5 Å². The molecule has 0 saturated carbocycles. The topological polar surface area (TPSA) is 126 Å². The van der Waals surface area contributed by atoms with Crippen LogP contribution >= 0.6 is 0 Å². The number of fused-ring (bicyclic) bond motifs is 2. The number of furan rings is 1. The number of ether oxygens (including phenoxy) is 1. The van der Waals surface area contributed by atoms with E-state index in [1.165, 1.54) is 12.0 Å². The van der Waals surface area contributed by atoms with Crippen LogP contribution in [0.3, 0.4) is 0 Å². The normalized spacial score (nSPS) is 20.2. The molecule has 162 valence electrons. The molecule has 10 heteroatoms. The standard InChI is InChI=1S/C22H19N5O5/c1-23-9-16-15-8-18(32-17(15)5-6-24-16)22(20(29)25-21(30)26-22)11-27-10-12-3-4-13(31-2)7-14(12)19(27)28/h3-9H,10-11H2,1-2H3,(H2,25,26,29,30). The van der Waals surface area contributed by atoms with Crippen molar-refractivity contribution in [3.05, 3.63) is 59.1 Å². The number of rotatable bonds is 5. The van der Waals surface area contributed by atoms with E-state index in [1.54, 1.807) is 43.7 Å². The average Bonchev–Trinajstić information content (AvgIpc) is 3.43. The van der Waals surface area contributed by atoms with Crippen LogP contribution in [0.15, 0.2) is 45.9 Å². The molecule has 2 N–H and O–H groups in total. The number of pyridine rings is 1. The number of urea groups is 1. The zero-order valence-corrected chi connectivity index (χ0v) is 17.3. The minimum atomic E-state index is -1.58. The first kappa shape index (κ1) is 19.7. The Kier molecular flexibility index (Phi) is 4.43. The minimum absolute atomic E-state index is 0.106. The number of carbonyl (C=O) groups is 3. The Morgan fingerprint density at radius 2 is 2.12 bits per heavy atom. The lowest BCUT2D eigenvalue weighted by Crippen LogP contribution is -2.52. The number of amides is 4. The highest BCUT2D eigenvalue weighted by molar-refractivity contribution is 6.08. The summed E-state index contributed by atoms with van der Waals surface area (Å²) in [5.74, 6) is -0.0863. The van der Waals surface area contributed by atoms with E-state index in [4.69, 9.17) is 9.15 Å². The highest BCUT2D eigenvalue weighted by atomic mass is 16.5. The third-order valence-corrected chi connectivity index (χ3v) is 5.71. The molecule has 3 aromatic rings. The van der Waals surface area contributed by atoms with Gasteiger partial charge in [0.25, 0.3) is 11.8 Å². The van der Waals surface area contributed by atoms with Crippen molar-refractivity contribution in [2.75, 3.05) is 20.7 Å². The first-order valence-electron chi connectivity index (χ1n) is 9.86. The van der Waals surface area contributed by atoms with Gasteiger partial charge in [0.15, 0.2) is 5.54 Å². The van der Waals surface area contributed by atoms with Crippen LogP contribution in [0.5, 0.6) is 5.75 Å². The fourth-order valence-corrected chi connectivity index (χ4v) is 4.16. The maximum atomic E-state index is 13.1. The van der Waals surface area contributed by atoms with Crippen LogP contribution in [0.25, 0.3) is 11.0 Å². The molecule has 10 nitrogen and oxygen atoms in total. The summed E-state index contributed by atoms with van der Waals surface area (Å²) in [6, 6.07) is 7.92. The van der Waals surface area contributed by atoms with Crippen molar-refractivity contribution in [2.45, 2.75) is 12.1 Å². The molecule has 1 saturated heterocycles. The lowest BCUT2D eigenvalue weighted by Gasteiger charge is -2.29. The molecule has 0 spiro atoms. The molecule has 1 atom stereocenters. The predicted molar refractivity (Wildman–Crippen MR) is 114 cm³/mol. The summed E-state index contributed by atoms with van der Waals surface area (Å²) in [6.45, 7) is 0.184. The van der Waals surface area contributed by atoms with Gasteiger partial charge in [0.05, 0.1) is 19.3 Å². The molecule has 5 rings (SSSR count). The molecule has 0 bridgehead atoms. The Morgan fingerprint density at radius 3 is 2.84 bits per heavy atom. The van der Waals surface area contributed by atoms with Gasteiger partial charge in [-0.15, -0.1) is 0 Å². The highest BCUT2D eigenvalue weighted by Crippen LogP contribution is 2.35. The summed E-state index contributed by atoms with van der Waals surface area (Å²) >= 11 is 0. The van der Waals surface area contributed by atoms with Crippen molar-refractivity contribution in [1.29, 1.82) is 0 Å². The number of hydrogen-bond acceptors (Lipinski definition) is 7. The van der Waals surface area contributed by atoms with E-state index in [2.05, 4.69) is 20.6 Å². The quantitative estimate of drug-likeness (QED) is 0.465. The Morgan fingerprint density at radius 1 is 1.28 bits per heavy atom. The average molecular weight is 433 g/mol. The fourth-order valence-electron chi connectivity index (χ4n) is 4.16. The molecule has 1 aromatic carbocycles. The number of hydrogen-bond donors (Lipinski definition) is 2. The number of aliphatic imine (C=N–C) groups is 1. The number of benzene rings is 1. The molecule has 1 fully saturated rings. The first-order valence-corrected chi connectivity index (χ1v) is 9.86. The van der Waals surface area contributed by atoms with Crippen LogP contribution in [-0.2, 0) is 16.9 Å². The van der Waals surface area contributed by atoms with Crippen molar-refractivity contribution in [3.63, 3.8) is 0 Å². The summed E-state index contributed by atoms with van der Waals surface area (Å²) in [4.78, 5) is 48.0. The smallest absolute Gasteiger partial charge is 0.322 e.